The van der Waals surface area contributed by atoms with E-state index in [-0.39, 0.29) is 17.6 Å². The molecule has 7 heteroatoms. The molecule has 1 aliphatic rings. The summed E-state index contributed by atoms with van der Waals surface area (Å²) in [5.41, 5.74) is 4.27. The summed E-state index contributed by atoms with van der Waals surface area (Å²) in [6.45, 7) is 5.47. The predicted molar refractivity (Wildman–Crippen MR) is 125 cm³/mol. The van der Waals surface area contributed by atoms with Gasteiger partial charge in [-0.25, -0.2) is 12.7 Å². The molecule has 3 rings (SSSR count). The number of sulfonamides is 1. The molecule has 1 fully saturated rings. The molecule has 1 heterocycles. The number of carbonyl (C=O) groups is 1. The highest BCUT2D eigenvalue weighted by atomic mass is 35.5. The van der Waals surface area contributed by atoms with E-state index in [9.17, 15) is 13.2 Å². The van der Waals surface area contributed by atoms with Gasteiger partial charge in [0.15, 0.2) is 0 Å². The van der Waals surface area contributed by atoms with Gasteiger partial charge in [0.2, 0.25) is 15.9 Å². The summed E-state index contributed by atoms with van der Waals surface area (Å²) in [6, 6.07) is 13.5. The summed E-state index contributed by atoms with van der Waals surface area (Å²) in [5.74, 6) is -0.268. The molecule has 2 aromatic rings. The first-order chi connectivity index (χ1) is 14.8. The van der Waals surface area contributed by atoms with Gasteiger partial charge in [0, 0.05) is 30.6 Å². The lowest BCUT2D eigenvalue weighted by Gasteiger charge is -2.30. The number of aryl methyl sites for hydroxylation is 2. The van der Waals surface area contributed by atoms with Crippen LogP contribution in [0.4, 0.5) is 0 Å². The number of piperidine rings is 1. The fraction of sp³-hybridized carbons (Fsp3) is 0.458. The monoisotopic (exact) mass is 462 g/mol. The normalized spacial score (nSPS) is 15.7. The number of amides is 1. The molecule has 31 heavy (non-hydrogen) atoms. The number of benzene rings is 2. The Hall–Kier alpha value is -1.89. The van der Waals surface area contributed by atoms with Crippen LogP contribution in [0.3, 0.4) is 0 Å². The summed E-state index contributed by atoms with van der Waals surface area (Å²) < 4.78 is 27.1. The van der Waals surface area contributed by atoms with Gasteiger partial charge in [0.25, 0.3) is 0 Å². The standard InChI is InChI=1S/C24H31ClN2O3S/c1-3-18-9-10-19(4-2)22(15-18)16-26-24(28)20-11-13-27(14-12-20)31(29,30)17-21-7-5-6-8-23(21)25/h5-10,15,20H,3-4,11-14,16-17H2,1-2H3,(H,26,28). The molecule has 0 radical (unpaired) electrons. The SMILES string of the molecule is CCc1ccc(CC)c(CNC(=O)C2CCN(S(=O)(=O)Cc3ccccc3Cl)CC2)c1. The van der Waals surface area contributed by atoms with Crippen LogP contribution >= 0.6 is 11.6 Å². The molecule has 0 atom stereocenters. The van der Waals surface area contributed by atoms with Crippen molar-refractivity contribution < 1.29 is 13.2 Å². The van der Waals surface area contributed by atoms with Gasteiger partial charge in [-0.15, -0.1) is 0 Å². The van der Waals surface area contributed by atoms with Crippen molar-refractivity contribution in [2.24, 2.45) is 5.92 Å². The van der Waals surface area contributed by atoms with Gasteiger partial charge >= 0.3 is 0 Å². The van der Waals surface area contributed by atoms with Gasteiger partial charge in [-0.1, -0.05) is 61.8 Å². The average molecular weight is 463 g/mol. The number of halogens is 1. The van der Waals surface area contributed by atoms with Crippen molar-refractivity contribution in [3.05, 3.63) is 69.7 Å². The highest BCUT2D eigenvalue weighted by Crippen LogP contribution is 2.24. The quantitative estimate of drug-likeness (QED) is 0.635. The van der Waals surface area contributed by atoms with Gasteiger partial charge in [-0.3, -0.25) is 4.79 Å². The van der Waals surface area contributed by atoms with Crippen LogP contribution in [0, 0.1) is 5.92 Å². The number of hydrogen-bond donors (Lipinski definition) is 1. The number of nitrogens with one attached hydrogen (secondary N) is 1. The molecule has 5 nitrogen and oxygen atoms in total. The van der Waals surface area contributed by atoms with E-state index < -0.39 is 10.0 Å². The third-order valence-corrected chi connectivity index (χ3v) is 8.22. The van der Waals surface area contributed by atoms with Crippen LogP contribution in [0.1, 0.15) is 48.9 Å². The maximum atomic E-state index is 12.8. The molecule has 1 amide bonds. The Morgan fingerprint density at radius 1 is 1.03 bits per heavy atom. The molecule has 2 aromatic carbocycles. The second kappa shape index (κ2) is 10.6. The zero-order valence-electron chi connectivity index (χ0n) is 18.2. The fourth-order valence-electron chi connectivity index (χ4n) is 4.03. The van der Waals surface area contributed by atoms with Crippen molar-refractivity contribution in [2.45, 2.75) is 51.8 Å². The minimum Gasteiger partial charge on any atom is -0.352 e. The van der Waals surface area contributed by atoms with Gasteiger partial charge in [0.1, 0.15) is 0 Å². The van der Waals surface area contributed by atoms with E-state index in [1.54, 1.807) is 24.3 Å². The van der Waals surface area contributed by atoms with E-state index in [0.29, 0.717) is 43.1 Å². The van der Waals surface area contributed by atoms with Crippen LogP contribution in [-0.2, 0) is 40.0 Å². The first-order valence-corrected chi connectivity index (χ1v) is 12.9. The zero-order chi connectivity index (χ0) is 22.4. The summed E-state index contributed by atoms with van der Waals surface area (Å²) in [4.78, 5) is 12.7. The average Bonchev–Trinajstić information content (AvgIpc) is 2.78. The third-order valence-electron chi connectivity index (χ3n) is 6.03. The van der Waals surface area contributed by atoms with Crippen molar-refractivity contribution in [1.82, 2.24) is 9.62 Å². The second-order valence-corrected chi connectivity index (χ2v) is 10.4. The topological polar surface area (TPSA) is 66.5 Å². The lowest BCUT2D eigenvalue weighted by atomic mass is 9.96. The van der Waals surface area contributed by atoms with E-state index in [4.69, 9.17) is 11.6 Å². The van der Waals surface area contributed by atoms with Crippen molar-refractivity contribution in [2.75, 3.05) is 13.1 Å². The first-order valence-electron chi connectivity index (χ1n) is 10.9. The molecular weight excluding hydrogens is 432 g/mol. The van der Waals surface area contributed by atoms with Crippen LogP contribution < -0.4 is 5.32 Å². The minimum absolute atomic E-state index is 0.00658. The smallest absolute Gasteiger partial charge is 0.223 e. The number of rotatable bonds is 8. The number of nitrogens with zero attached hydrogens (tertiary/aromatic N) is 1. The predicted octanol–water partition coefficient (Wildman–Crippen LogP) is 4.32. The van der Waals surface area contributed by atoms with Gasteiger partial charge < -0.3 is 5.32 Å². The molecule has 0 unspecified atom stereocenters. The zero-order valence-corrected chi connectivity index (χ0v) is 19.8. The molecule has 0 aromatic heterocycles. The Morgan fingerprint density at radius 3 is 2.39 bits per heavy atom. The molecule has 0 bridgehead atoms. The largest absolute Gasteiger partial charge is 0.352 e. The Balaban J connectivity index is 1.55. The lowest BCUT2D eigenvalue weighted by Crippen LogP contribution is -2.43. The highest BCUT2D eigenvalue weighted by Gasteiger charge is 2.31. The fourth-order valence-corrected chi connectivity index (χ4v) is 5.91. The Labute approximate surface area is 190 Å². The molecule has 0 spiro atoms. The van der Waals surface area contributed by atoms with E-state index in [1.165, 1.54) is 15.4 Å². The maximum absolute atomic E-state index is 12.8. The van der Waals surface area contributed by atoms with Crippen LogP contribution in [0.15, 0.2) is 42.5 Å². The summed E-state index contributed by atoms with van der Waals surface area (Å²) >= 11 is 6.12. The van der Waals surface area contributed by atoms with Crippen molar-refractivity contribution >= 4 is 27.5 Å². The Kier molecular flexibility index (Phi) is 8.14. The molecule has 0 saturated carbocycles. The number of carbonyl (C=O) groups excluding carboxylic acids is 1. The Morgan fingerprint density at radius 2 is 1.74 bits per heavy atom. The van der Waals surface area contributed by atoms with Gasteiger partial charge in [-0.2, -0.15) is 0 Å². The van der Waals surface area contributed by atoms with Crippen molar-refractivity contribution in [3.63, 3.8) is 0 Å². The molecular formula is C24H31ClN2O3S. The summed E-state index contributed by atoms with van der Waals surface area (Å²) in [6.07, 6.45) is 2.95. The Bertz CT molecular complexity index is 1020. The first kappa shape index (κ1) is 23.8. The van der Waals surface area contributed by atoms with E-state index in [0.717, 1.165) is 18.4 Å². The maximum Gasteiger partial charge on any atom is 0.223 e. The molecule has 1 N–H and O–H groups in total. The minimum atomic E-state index is -3.46. The van der Waals surface area contributed by atoms with E-state index in [1.807, 2.05) is 0 Å². The summed E-state index contributed by atoms with van der Waals surface area (Å²) in [5, 5.41) is 3.53. The van der Waals surface area contributed by atoms with Crippen molar-refractivity contribution in [3.8, 4) is 0 Å². The second-order valence-electron chi connectivity index (χ2n) is 8.05. The van der Waals surface area contributed by atoms with Crippen molar-refractivity contribution in [1.29, 1.82) is 0 Å². The van der Waals surface area contributed by atoms with Crippen LogP contribution in [0.5, 0.6) is 0 Å². The van der Waals surface area contributed by atoms with Crippen LogP contribution in [0.25, 0.3) is 0 Å². The molecule has 0 aliphatic carbocycles. The van der Waals surface area contributed by atoms with Crippen LogP contribution in [-0.4, -0.2) is 31.7 Å². The lowest BCUT2D eigenvalue weighted by molar-refractivity contribution is -0.126. The molecule has 1 saturated heterocycles. The molecule has 1 aliphatic heterocycles. The van der Waals surface area contributed by atoms with Gasteiger partial charge in [0.05, 0.1) is 5.75 Å². The molecule has 168 valence electrons. The highest BCUT2D eigenvalue weighted by molar-refractivity contribution is 7.88. The third kappa shape index (κ3) is 6.09. The number of hydrogen-bond acceptors (Lipinski definition) is 3. The van der Waals surface area contributed by atoms with Gasteiger partial charge in [-0.05, 0) is 54.0 Å². The van der Waals surface area contributed by atoms with E-state index >= 15 is 0 Å². The van der Waals surface area contributed by atoms with Crippen LogP contribution in [0.2, 0.25) is 5.02 Å². The summed E-state index contributed by atoms with van der Waals surface area (Å²) in [7, 11) is -3.46. The van der Waals surface area contributed by atoms with E-state index in [2.05, 4.69) is 37.4 Å².